The molecular weight excluding hydrogens is 372 g/mol. The fourth-order valence-electron chi connectivity index (χ4n) is 2.46. The quantitative estimate of drug-likeness (QED) is 0.676. The lowest BCUT2D eigenvalue weighted by molar-refractivity contribution is 0.0943. The zero-order chi connectivity index (χ0) is 19.4. The lowest BCUT2D eigenvalue weighted by Crippen LogP contribution is -2.25. The van der Waals surface area contributed by atoms with Gasteiger partial charge in [0.2, 0.25) is 0 Å². The summed E-state index contributed by atoms with van der Waals surface area (Å²) < 4.78 is 11.8. The molecule has 0 aliphatic rings. The number of methoxy groups -OCH3 is 1. The molecule has 8 nitrogen and oxygen atoms in total. The number of carbonyl (C=O) groups excluding carboxylic acids is 2. The molecule has 9 heteroatoms. The topological polar surface area (TPSA) is 98.4 Å². The maximum atomic E-state index is 12.6. The number of carbonyl (C=O) groups is 2. The van der Waals surface area contributed by atoms with Crippen molar-refractivity contribution in [2.24, 2.45) is 7.05 Å². The predicted octanol–water partition coefficient (Wildman–Crippen LogP) is 2.86. The average molecular weight is 389 g/mol. The number of hydrogen-bond acceptors (Lipinski definition) is 5. The number of hydrogen-bond donors (Lipinski definition) is 2. The average Bonchev–Trinajstić information content (AvgIpc) is 3.29. The van der Waals surface area contributed by atoms with Gasteiger partial charge in [-0.3, -0.25) is 14.3 Å². The molecule has 0 aliphatic carbocycles. The Morgan fingerprint density at radius 1 is 1.30 bits per heavy atom. The monoisotopic (exact) mass is 388 g/mol. The molecule has 2 N–H and O–H groups in total. The van der Waals surface area contributed by atoms with Crippen molar-refractivity contribution in [2.45, 2.75) is 6.54 Å². The molecule has 1 aromatic carbocycles. The fourth-order valence-corrected chi connectivity index (χ4v) is 2.63. The third-order valence-electron chi connectivity index (χ3n) is 3.70. The standard InChI is InChI=1S/C18H17ClN4O4/c1-23-10-14(16(22-23)18(25)20-9-12-4-3-7-27-12)21-17(24)13-8-11(19)5-6-15(13)26-2/h3-8,10H,9H2,1-2H3,(H,20,25)(H,21,24). The van der Waals surface area contributed by atoms with E-state index in [4.69, 9.17) is 20.8 Å². The molecule has 0 saturated carbocycles. The van der Waals surface area contributed by atoms with Crippen LogP contribution in [0.1, 0.15) is 26.6 Å². The van der Waals surface area contributed by atoms with E-state index in [-0.39, 0.29) is 23.5 Å². The molecule has 0 bridgehead atoms. The third-order valence-corrected chi connectivity index (χ3v) is 3.94. The number of aromatic nitrogens is 2. The first-order chi connectivity index (χ1) is 13.0. The van der Waals surface area contributed by atoms with Crippen molar-refractivity contribution in [1.29, 1.82) is 0 Å². The van der Waals surface area contributed by atoms with Gasteiger partial charge in [0, 0.05) is 18.3 Å². The summed E-state index contributed by atoms with van der Waals surface area (Å²) in [4.78, 5) is 25.1. The third kappa shape index (κ3) is 4.29. The Labute approximate surface area is 160 Å². The largest absolute Gasteiger partial charge is 0.496 e. The Bertz CT molecular complexity index is 966. The maximum absolute atomic E-state index is 12.6. The lowest BCUT2D eigenvalue weighted by Gasteiger charge is -2.09. The highest BCUT2D eigenvalue weighted by Gasteiger charge is 2.20. The van der Waals surface area contributed by atoms with E-state index in [9.17, 15) is 9.59 Å². The van der Waals surface area contributed by atoms with Gasteiger partial charge in [0.1, 0.15) is 11.5 Å². The van der Waals surface area contributed by atoms with Gasteiger partial charge in [-0.2, -0.15) is 5.10 Å². The minimum Gasteiger partial charge on any atom is -0.496 e. The highest BCUT2D eigenvalue weighted by atomic mass is 35.5. The van der Waals surface area contributed by atoms with E-state index in [1.54, 1.807) is 31.3 Å². The van der Waals surface area contributed by atoms with Crippen molar-refractivity contribution in [2.75, 3.05) is 12.4 Å². The predicted molar refractivity (Wildman–Crippen MR) is 99.0 cm³/mol. The number of furan rings is 1. The van der Waals surface area contributed by atoms with Gasteiger partial charge in [-0.05, 0) is 30.3 Å². The second kappa shape index (κ2) is 7.96. The Morgan fingerprint density at radius 3 is 2.81 bits per heavy atom. The van der Waals surface area contributed by atoms with Crippen molar-refractivity contribution in [3.8, 4) is 5.75 Å². The number of benzene rings is 1. The summed E-state index contributed by atoms with van der Waals surface area (Å²) in [6.07, 6.45) is 3.06. The molecule has 0 atom stereocenters. The van der Waals surface area contributed by atoms with Crippen LogP contribution in [0.25, 0.3) is 0 Å². The van der Waals surface area contributed by atoms with E-state index in [2.05, 4.69) is 15.7 Å². The number of ether oxygens (including phenoxy) is 1. The van der Waals surface area contributed by atoms with Gasteiger partial charge in [0.05, 0.1) is 31.2 Å². The number of amides is 2. The van der Waals surface area contributed by atoms with Gasteiger partial charge in [-0.25, -0.2) is 0 Å². The van der Waals surface area contributed by atoms with Crippen LogP contribution in [0.15, 0.2) is 47.2 Å². The second-order valence-corrected chi connectivity index (χ2v) is 6.06. The van der Waals surface area contributed by atoms with Crippen LogP contribution in [0.5, 0.6) is 5.75 Å². The molecule has 3 aromatic rings. The lowest BCUT2D eigenvalue weighted by atomic mass is 10.2. The van der Waals surface area contributed by atoms with Gasteiger partial charge in [-0.15, -0.1) is 0 Å². The number of nitrogens with one attached hydrogen (secondary N) is 2. The molecule has 3 rings (SSSR count). The number of aryl methyl sites for hydroxylation is 1. The first-order valence-electron chi connectivity index (χ1n) is 7.97. The molecule has 0 unspecified atom stereocenters. The van der Waals surface area contributed by atoms with Crippen molar-refractivity contribution >= 4 is 29.1 Å². The molecule has 27 heavy (non-hydrogen) atoms. The van der Waals surface area contributed by atoms with Gasteiger partial charge in [0.25, 0.3) is 11.8 Å². The smallest absolute Gasteiger partial charge is 0.274 e. The molecule has 0 spiro atoms. The molecule has 0 aliphatic heterocycles. The van der Waals surface area contributed by atoms with Crippen LogP contribution in [0.3, 0.4) is 0 Å². The van der Waals surface area contributed by atoms with Crippen molar-refractivity contribution < 1.29 is 18.7 Å². The summed E-state index contributed by atoms with van der Waals surface area (Å²) in [6.45, 7) is 0.206. The first-order valence-corrected chi connectivity index (χ1v) is 8.35. The minimum absolute atomic E-state index is 0.0819. The molecule has 2 aromatic heterocycles. The Kier molecular flexibility index (Phi) is 5.46. The molecule has 2 heterocycles. The fraction of sp³-hybridized carbons (Fsp3) is 0.167. The molecular formula is C18H17ClN4O4. The number of anilines is 1. The highest BCUT2D eigenvalue weighted by Crippen LogP contribution is 2.24. The number of rotatable bonds is 6. The molecule has 2 amide bonds. The van der Waals surface area contributed by atoms with Gasteiger partial charge in [0.15, 0.2) is 5.69 Å². The second-order valence-electron chi connectivity index (χ2n) is 5.63. The number of halogens is 1. The van der Waals surface area contributed by atoms with Crippen LogP contribution < -0.4 is 15.4 Å². The van der Waals surface area contributed by atoms with E-state index in [1.165, 1.54) is 30.3 Å². The van der Waals surface area contributed by atoms with Crippen molar-refractivity contribution in [3.63, 3.8) is 0 Å². The normalized spacial score (nSPS) is 10.5. The Hall–Kier alpha value is -3.26. The SMILES string of the molecule is COc1ccc(Cl)cc1C(=O)Nc1cn(C)nc1C(=O)NCc1ccco1. The van der Waals surface area contributed by atoms with Crippen LogP contribution in [0.2, 0.25) is 5.02 Å². The van der Waals surface area contributed by atoms with Gasteiger partial charge < -0.3 is 19.8 Å². The van der Waals surface area contributed by atoms with E-state index in [1.807, 2.05) is 0 Å². The van der Waals surface area contributed by atoms with Gasteiger partial charge >= 0.3 is 0 Å². The highest BCUT2D eigenvalue weighted by molar-refractivity contribution is 6.31. The van der Waals surface area contributed by atoms with E-state index < -0.39 is 11.8 Å². The summed E-state index contributed by atoms with van der Waals surface area (Å²) >= 11 is 5.97. The Morgan fingerprint density at radius 2 is 2.11 bits per heavy atom. The van der Waals surface area contributed by atoms with Crippen LogP contribution in [0.4, 0.5) is 5.69 Å². The first kappa shape index (κ1) is 18.5. The molecule has 0 fully saturated rings. The van der Waals surface area contributed by atoms with E-state index in [0.29, 0.717) is 16.5 Å². The van der Waals surface area contributed by atoms with Crippen molar-refractivity contribution in [1.82, 2.24) is 15.1 Å². The van der Waals surface area contributed by atoms with E-state index in [0.717, 1.165) is 0 Å². The maximum Gasteiger partial charge on any atom is 0.274 e. The zero-order valence-electron chi connectivity index (χ0n) is 14.7. The van der Waals surface area contributed by atoms with Gasteiger partial charge in [-0.1, -0.05) is 11.6 Å². The Balaban J connectivity index is 1.78. The van der Waals surface area contributed by atoms with Crippen LogP contribution in [0, 0.1) is 0 Å². The number of nitrogens with zero attached hydrogens (tertiary/aromatic N) is 2. The minimum atomic E-state index is -0.470. The summed E-state index contributed by atoms with van der Waals surface area (Å²) in [5.41, 5.74) is 0.593. The van der Waals surface area contributed by atoms with Crippen molar-refractivity contribution in [3.05, 3.63) is 64.8 Å². The van der Waals surface area contributed by atoms with Crippen LogP contribution in [-0.4, -0.2) is 28.7 Å². The summed E-state index contributed by atoms with van der Waals surface area (Å²) in [5.74, 6) is 0.0564. The summed E-state index contributed by atoms with van der Waals surface area (Å²) in [6, 6.07) is 8.17. The molecule has 0 radical (unpaired) electrons. The van der Waals surface area contributed by atoms with Crippen LogP contribution >= 0.6 is 11.6 Å². The van der Waals surface area contributed by atoms with E-state index >= 15 is 0 Å². The summed E-state index contributed by atoms with van der Waals surface area (Å²) in [7, 11) is 3.11. The van der Waals surface area contributed by atoms with Crippen LogP contribution in [-0.2, 0) is 13.6 Å². The summed E-state index contributed by atoms with van der Waals surface area (Å²) in [5, 5.41) is 9.88. The molecule has 140 valence electrons. The molecule has 0 saturated heterocycles. The zero-order valence-corrected chi connectivity index (χ0v) is 15.4.